The van der Waals surface area contributed by atoms with Gasteiger partial charge in [-0.05, 0) is 19.4 Å². The summed E-state index contributed by atoms with van der Waals surface area (Å²) in [5.41, 5.74) is 0.315. The molecular weight excluding hydrogens is 294 g/mol. The Balaban J connectivity index is 0.00000137. The Morgan fingerprint density at radius 2 is 2.17 bits per heavy atom. The molecule has 0 bridgehead atoms. The molecule has 0 aromatic carbocycles. The van der Waals surface area contributed by atoms with Gasteiger partial charge in [-0.1, -0.05) is 35.0 Å². The summed E-state index contributed by atoms with van der Waals surface area (Å²) in [7, 11) is 1.35. The summed E-state index contributed by atoms with van der Waals surface area (Å²) in [5, 5.41) is 1.80. The molecule has 0 aliphatic rings. The van der Waals surface area contributed by atoms with Crippen LogP contribution in [0.1, 0.15) is 30.8 Å². The van der Waals surface area contributed by atoms with Crippen LogP contribution in [0, 0.1) is 0 Å². The smallest absolute Gasteiger partial charge is 0.356 e. The van der Waals surface area contributed by atoms with E-state index in [-0.39, 0.29) is 0 Å². The van der Waals surface area contributed by atoms with Crippen molar-refractivity contribution in [2.45, 2.75) is 20.3 Å². The van der Waals surface area contributed by atoms with Gasteiger partial charge in [0.25, 0.3) is 0 Å². The maximum Gasteiger partial charge on any atom is 0.356 e. The van der Waals surface area contributed by atoms with Crippen molar-refractivity contribution in [3.63, 3.8) is 0 Å². The molecule has 3 nitrogen and oxygen atoms in total. The second-order valence-corrected chi connectivity index (χ2v) is 4.04. The van der Waals surface area contributed by atoms with Crippen LogP contribution in [-0.4, -0.2) is 18.1 Å². The molecule has 0 aliphatic carbocycles. The third-order valence-corrected chi connectivity index (χ3v) is 2.77. The predicted octanol–water partition coefficient (Wildman–Crippen LogP) is 2.42. The van der Waals surface area contributed by atoms with Crippen LogP contribution in [0.4, 0.5) is 0 Å². The Hall–Kier alpha value is -1.42. The number of esters is 1. The lowest BCUT2D eigenvalue weighted by Crippen LogP contribution is -2.31. The van der Waals surface area contributed by atoms with E-state index in [1.54, 1.807) is 6.07 Å². The second-order valence-electron chi connectivity index (χ2n) is 3.18. The number of halogens is 1. The van der Waals surface area contributed by atoms with Gasteiger partial charge in [0.1, 0.15) is 5.69 Å². The van der Waals surface area contributed by atoms with Crippen molar-refractivity contribution in [2.24, 2.45) is 0 Å². The minimum Gasteiger partial charge on any atom is -0.464 e. The van der Waals surface area contributed by atoms with Gasteiger partial charge in [-0.2, -0.15) is 0 Å². The highest BCUT2D eigenvalue weighted by Gasteiger charge is 2.08. The van der Waals surface area contributed by atoms with Crippen molar-refractivity contribution in [1.82, 2.24) is 4.98 Å². The standard InChI is InChI=1S/C12H14BrNO2.C2H4/c1-4-6-8-9(13)7-11(12(15)16-3)14-10(8)5-2;1-2/h5-7H,4H2,1-3H3;1-2H2/b8-6-,10-5+;. The van der Waals surface area contributed by atoms with Crippen LogP contribution in [0.25, 0.3) is 12.2 Å². The van der Waals surface area contributed by atoms with Crippen molar-refractivity contribution in [2.75, 3.05) is 7.11 Å². The molecule has 4 heteroatoms. The van der Waals surface area contributed by atoms with Crippen LogP contribution in [0.3, 0.4) is 0 Å². The highest BCUT2D eigenvalue weighted by Crippen LogP contribution is 2.04. The average molecular weight is 312 g/mol. The van der Waals surface area contributed by atoms with E-state index in [4.69, 9.17) is 0 Å². The van der Waals surface area contributed by atoms with Crippen molar-refractivity contribution < 1.29 is 9.53 Å². The minimum atomic E-state index is -0.424. The van der Waals surface area contributed by atoms with Gasteiger partial charge >= 0.3 is 5.97 Å². The number of pyridine rings is 1. The summed E-state index contributed by atoms with van der Waals surface area (Å²) < 4.78 is 5.50. The number of carbonyl (C=O) groups excluding carboxylic acids is 1. The van der Waals surface area contributed by atoms with Crippen LogP contribution >= 0.6 is 15.9 Å². The molecule has 98 valence electrons. The van der Waals surface area contributed by atoms with E-state index in [9.17, 15) is 4.79 Å². The second kappa shape index (κ2) is 8.64. The first kappa shape index (κ1) is 16.6. The summed E-state index contributed by atoms with van der Waals surface area (Å²) in [4.78, 5) is 15.6. The summed E-state index contributed by atoms with van der Waals surface area (Å²) >= 11 is 3.44. The number of rotatable bonds is 2. The van der Waals surface area contributed by atoms with E-state index in [2.05, 4.69) is 51.8 Å². The van der Waals surface area contributed by atoms with Crippen molar-refractivity contribution in [3.8, 4) is 0 Å². The van der Waals surface area contributed by atoms with Gasteiger partial charge in [0.15, 0.2) is 0 Å². The topological polar surface area (TPSA) is 39.2 Å². The van der Waals surface area contributed by atoms with E-state index in [0.29, 0.717) is 5.69 Å². The zero-order valence-corrected chi connectivity index (χ0v) is 12.6. The van der Waals surface area contributed by atoms with Crippen LogP contribution in [0.5, 0.6) is 0 Å². The number of hydrogen-bond donors (Lipinski definition) is 0. The third-order valence-electron chi connectivity index (χ3n) is 2.11. The van der Waals surface area contributed by atoms with Gasteiger partial charge in [0.2, 0.25) is 0 Å². The molecule has 1 rings (SSSR count). The molecule has 0 amide bonds. The number of nitrogens with zero attached hydrogens (tertiary/aromatic N) is 1. The van der Waals surface area contributed by atoms with E-state index >= 15 is 0 Å². The molecule has 0 unspecified atom stereocenters. The first-order chi connectivity index (χ1) is 8.63. The lowest BCUT2D eigenvalue weighted by Gasteiger charge is -2.01. The van der Waals surface area contributed by atoms with Gasteiger partial charge in [-0.15, -0.1) is 13.2 Å². The van der Waals surface area contributed by atoms with E-state index in [0.717, 1.165) is 21.5 Å². The maximum absolute atomic E-state index is 11.4. The zero-order chi connectivity index (χ0) is 14.1. The Kier molecular flexibility index (Phi) is 7.96. The number of carbonyl (C=O) groups is 1. The maximum atomic E-state index is 11.4. The first-order valence-electron chi connectivity index (χ1n) is 5.55. The summed E-state index contributed by atoms with van der Waals surface area (Å²) in [6.07, 6.45) is 4.85. The fourth-order valence-corrected chi connectivity index (χ4v) is 1.96. The molecule has 0 fully saturated rings. The molecule has 0 saturated carbocycles. The number of aromatic nitrogens is 1. The van der Waals surface area contributed by atoms with Gasteiger partial charge < -0.3 is 4.74 Å². The molecule has 0 aliphatic heterocycles. The lowest BCUT2D eigenvalue weighted by atomic mass is 10.2. The lowest BCUT2D eigenvalue weighted by molar-refractivity contribution is 0.0593. The van der Waals surface area contributed by atoms with Gasteiger partial charge in [0, 0.05) is 9.69 Å². The first-order valence-corrected chi connectivity index (χ1v) is 6.34. The Bertz CT molecular complexity index is 523. The average Bonchev–Trinajstić information content (AvgIpc) is 2.42. The molecule has 0 saturated heterocycles. The molecule has 1 aromatic heterocycles. The molecule has 0 atom stereocenters. The third kappa shape index (κ3) is 4.11. The molecule has 1 heterocycles. The van der Waals surface area contributed by atoms with Crippen LogP contribution in [0.15, 0.2) is 23.7 Å². The molecular formula is C14H18BrNO2. The van der Waals surface area contributed by atoms with Crippen LogP contribution < -0.4 is 10.6 Å². The van der Waals surface area contributed by atoms with E-state index in [1.807, 2.05) is 13.0 Å². The fraction of sp³-hybridized carbons (Fsp3) is 0.286. The molecule has 18 heavy (non-hydrogen) atoms. The summed E-state index contributed by atoms with van der Waals surface area (Å²) in [5.74, 6) is -0.424. The predicted molar refractivity (Wildman–Crippen MR) is 78.7 cm³/mol. The number of methoxy groups -OCH3 is 1. The van der Waals surface area contributed by atoms with Gasteiger partial charge in [-0.3, -0.25) is 0 Å². The Morgan fingerprint density at radius 1 is 1.56 bits per heavy atom. The van der Waals surface area contributed by atoms with Gasteiger partial charge in [0.05, 0.1) is 12.5 Å². The van der Waals surface area contributed by atoms with Crippen molar-refractivity contribution in [1.29, 1.82) is 0 Å². The quantitative estimate of drug-likeness (QED) is 0.622. The fourth-order valence-electron chi connectivity index (χ4n) is 1.38. The molecule has 1 aromatic rings. The van der Waals surface area contributed by atoms with Crippen molar-refractivity contribution in [3.05, 3.63) is 40.0 Å². The van der Waals surface area contributed by atoms with E-state index < -0.39 is 5.97 Å². The van der Waals surface area contributed by atoms with Crippen LogP contribution in [0.2, 0.25) is 0 Å². The summed E-state index contributed by atoms with van der Waals surface area (Å²) in [6, 6.07) is 1.68. The van der Waals surface area contributed by atoms with Crippen LogP contribution in [-0.2, 0) is 4.74 Å². The number of ether oxygens (including phenoxy) is 1. The molecule has 0 N–H and O–H groups in total. The zero-order valence-electron chi connectivity index (χ0n) is 11.0. The highest BCUT2D eigenvalue weighted by atomic mass is 79.9. The monoisotopic (exact) mass is 311 g/mol. The normalized spacial score (nSPS) is 11.8. The minimum absolute atomic E-state index is 0.315. The highest BCUT2D eigenvalue weighted by molar-refractivity contribution is 9.10. The number of hydrogen-bond acceptors (Lipinski definition) is 3. The van der Waals surface area contributed by atoms with Gasteiger partial charge in [-0.25, -0.2) is 9.78 Å². The van der Waals surface area contributed by atoms with E-state index in [1.165, 1.54) is 7.11 Å². The Labute approximate surface area is 116 Å². The molecule has 0 radical (unpaired) electrons. The summed E-state index contributed by atoms with van der Waals surface area (Å²) in [6.45, 7) is 9.95. The largest absolute Gasteiger partial charge is 0.464 e. The SMILES string of the molecule is C/C=c1/nc(C(=O)OC)cc(Br)/c1=C/CC.C=C. The Morgan fingerprint density at radius 3 is 2.61 bits per heavy atom. The van der Waals surface area contributed by atoms with Crippen molar-refractivity contribution >= 4 is 34.1 Å². The molecule has 0 spiro atoms.